The summed E-state index contributed by atoms with van der Waals surface area (Å²) in [6.07, 6.45) is -0.524. The fourth-order valence-electron chi connectivity index (χ4n) is 1.07. The smallest absolute Gasteiger partial charge is 0.114 e. The van der Waals surface area contributed by atoms with Gasteiger partial charge in [-0.15, -0.1) is 11.3 Å². The van der Waals surface area contributed by atoms with Crippen molar-refractivity contribution in [1.82, 2.24) is 0 Å². The molecule has 0 aliphatic rings. The highest BCUT2D eigenvalue weighted by atomic mass is 35.5. The van der Waals surface area contributed by atoms with Gasteiger partial charge in [0.2, 0.25) is 0 Å². The van der Waals surface area contributed by atoms with Crippen molar-refractivity contribution < 1.29 is 5.11 Å². The number of hydrogen-bond acceptors (Lipinski definition) is 3. The lowest BCUT2D eigenvalue weighted by atomic mass is 10.2. The molecule has 0 aliphatic carbocycles. The van der Waals surface area contributed by atoms with E-state index in [2.05, 4.69) is 0 Å². The van der Waals surface area contributed by atoms with Crippen LogP contribution in [0.3, 0.4) is 0 Å². The van der Waals surface area contributed by atoms with Crippen LogP contribution in [0, 0.1) is 0 Å². The van der Waals surface area contributed by atoms with Crippen molar-refractivity contribution in [3.05, 3.63) is 43.7 Å². The molecule has 0 fully saturated rings. The van der Waals surface area contributed by atoms with Crippen LogP contribution in [0.4, 0.5) is 0 Å². The maximum absolute atomic E-state index is 9.85. The molecule has 1 unspecified atom stereocenters. The lowest BCUT2D eigenvalue weighted by Crippen LogP contribution is -1.93. The van der Waals surface area contributed by atoms with Gasteiger partial charge >= 0.3 is 0 Å². The predicted octanol–water partition coefficient (Wildman–Crippen LogP) is 3.54. The Morgan fingerprint density at radius 2 is 2.15 bits per heavy atom. The standard InChI is InChI=1S/C9H7ClOS2/c10-8-2-1-7(13-8)9(11)6-3-4-12-5-6/h1-5,9,11H. The summed E-state index contributed by atoms with van der Waals surface area (Å²) in [6, 6.07) is 5.58. The van der Waals surface area contributed by atoms with E-state index >= 15 is 0 Å². The first kappa shape index (κ1) is 9.21. The van der Waals surface area contributed by atoms with Crippen LogP contribution in [0.5, 0.6) is 0 Å². The Morgan fingerprint density at radius 3 is 2.69 bits per heavy atom. The summed E-state index contributed by atoms with van der Waals surface area (Å²) >= 11 is 8.77. The van der Waals surface area contributed by atoms with Gasteiger partial charge < -0.3 is 5.11 Å². The van der Waals surface area contributed by atoms with Crippen LogP contribution in [0.2, 0.25) is 4.34 Å². The largest absolute Gasteiger partial charge is 0.383 e. The number of aliphatic hydroxyl groups is 1. The number of hydrogen-bond donors (Lipinski definition) is 1. The summed E-state index contributed by atoms with van der Waals surface area (Å²) < 4.78 is 0.712. The summed E-state index contributed by atoms with van der Waals surface area (Å²) in [5, 5.41) is 13.7. The van der Waals surface area contributed by atoms with Gasteiger partial charge in [0, 0.05) is 4.88 Å². The average Bonchev–Trinajstić information content (AvgIpc) is 2.72. The molecule has 1 atom stereocenters. The minimum atomic E-state index is -0.524. The van der Waals surface area contributed by atoms with Crippen molar-refractivity contribution in [1.29, 1.82) is 0 Å². The van der Waals surface area contributed by atoms with Crippen LogP contribution in [-0.2, 0) is 0 Å². The monoisotopic (exact) mass is 230 g/mol. The van der Waals surface area contributed by atoms with Gasteiger partial charge in [0.15, 0.2) is 0 Å². The lowest BCUT2D eigenvalue weighted by Gasteiger charge is -2.04. The third-order valence-electron chi connectivity index (χ3n) is 1.72. The fraction of sp³-hybridized carbons (Fsp3) is 0.111. The molecule has 0 saturated heterocycles. The number of halogens is 1. The third kappa shape index (κ3) is 1.94. The van der Waals surface area contributed by atoms with Crippen LogP contribution >= 0.6 is 34.3 Å². The van der Waals surface area contributed by atoms with Gasteiger partial charge in [-0.25, -0.2) is 0 Å². The summed E-state index contributed by atoms with van der Waals surface area (Å²) in [4.78, 5) is 0.892. The second-order valence-electron chi connectivity index (χ2n) is 2.60. The molecule has 4 heteroatoms. The Morgan fingerprint density at radius 1 is 1.31 bits per heavy atom. The molecule has 2 rings (SSSR count). The van der Waals surface area contributed by atoms with Crippen molar-refractivity contribution in [2.24, 2.45) is 0 Å². The Bertz CT molecular complexity index is 380. The second kappa shape index (κ2) is 3.80. The topological polar surface area (TPSA) is 20.2 Å². The molecule has 1 N–H and O–H groups in total. The zero-order valence-corrected chi connectivity index (χ0v) is 8.99. The predicted molar refractivity (Wildman–Crippen MR) is 57.7 cm³/mol. The molecule has 68 valence electrons. The first-order valence-corrected chi connectivity index (χ1v) is 5.86. The molecule has 2 aromatic heterocycles. The molecule has 0 spiro atoms. The maximum Gasteiger partial charge on any atom is 0.114 e. The summed E-state index contributed by atoms with van der Waals surface area (Å²) in [5.41, 5.74) is 0.934. The SMILES string of the molecule is OC(c1ccsc1)c1ccc(Cl)s1. The Kier molecular flexibility index (Phi) is 2.69. The van der Waals surface area contributed by atoms with Crippen molar-refractivity contribution in [2.45, 2.75) is 6.10 Å². The van der Waals surface area contributed by atoms with Gasteiger partial charge in [-0.3, -0.25) is 0 Å². The van der Waals surface area contributed by atoms with E-state index in [9.17, 15) is 5.11 Å². The van der Waals surface area contributed by atoms with Crippen LogP contribution in [-0.4, -0.2) is 5.11 Å². The molecule has 0 saturated carbocycles. The number of rotatable bonds is 2. The molecular weight excluding hydrogens is 224 g/mol. The van der Waals surface area contributed by atoms with Gasteiger partial charge in [0.25, 0.3) is 0 Å². The van der Waals surface area contributed by atoms with Gasteiger partial charge in [-0.05, 0) is 34.5 Å². The molecule has 0 bridgehead atoms. The minimum absolute atomic E-state index is 0.524. The van der Waals surface area contributed by atoms with E-state index in [0.717, 1.165) is 10.4 Å². The van der Waals surface area contributed by atoms with E-state index in [1.54, 1.807) is 17.4 Å². The van der Waals surface area contributed by atoms with E-state index < -0.39 is 6.10 Å². The molecule has 1 nitrogen and oxygen atoms in total. The summed E-state index contributed by atoms with van der Waals surface area (Å²) in [5.74, 6) is 0. The quantitative estimate of drug-likeness (QED) is 0.837. The Labute approximate surface area is 89.2 Å². The highest BCUT2D eigenvalue weighted by Crippen LogP contribution is 2.31. The molecule has 0 aromatic carbocycles. The normalized spacial score (nSPS) is 13.1. The van der Waals surface area contributed by atoms with E-state index in [0.29, 0.717) is 4.34 Å². The zero-order valence-electron chi connectivity index (χ0n) is 6.61. The highest BCUT2D eigenvalue weighted by Gasteiger charge is 2.12. The lowest BCUT2D eigenvalue weighted by molar-refractivity contribution is 0.224. The van der Waals surface area contributed by atoms with Gasteiger partial charge in [-0.1, -0.05) is 11.6 Å². The molecule has 2 heterocycles. The molecule has 0 aliphatic heterocycles. The van der Waals surface area contributed by atoms with Gasteiger partial charge in [0.05, 0.1) is 4.34 Å². The van der Waals surface area contributed by atoms with E-state index in [-0.39, 0.29) is 0 Å². The van der Waals surface area contributed by atoms with Gasteiger partial charge in [-0.2, -0.15) is 11.3 Å². The van der Waals surface area contributed by atoms with Crippen molar-refractivity contribution >= 4 is 34.3 Å². The zero-order chi connectivity index (χ0) is 9.26. The Balaban J connectivity index is 2.28. The second-order valence-corrected chi connectivity index (χ2v) is 5.13. The average molecular weight is 231 g/mol. The highest BCUT2D eigenvalue weighted by molar-refractivity contribution is 7.16. The first-order valence-electron chi connectivity index (χ1n) is 3.73. The molecular formula is C9H7ClOS2. The summed E-state index contributed by atoms with van der Waals surface area (Å²) in [6.45, 7) is 0. The Hall–Kier alpha value is -0.350. The molecule has 0 radical (unpaired) electrons. The third-order valence-corrected chi connectivity index (χ3v) is 3.71. The van der Waals surface area contributed by atoms with E-state index in [4.69, 9.17) is 11.6 Å². The maximum atomic E-state index is 9.85. The van der Waals surface area contributed by atoms with Crippen molar-refractivity contribution in [3.8, 4) is 0 Å². The van der Waals surface area contributed by atoms with Crippen molar-refractivity contribution in [2.75, 3.05) is 0 Å². The van der Waals surface area contributed by atoms with E-state index in [1.165, 1.54) is 11.3 Å². The van der Waals surface area contributed by atoms with Crippen LogP contribution < -0.4 is 0 Å². The van der Waals surface area contributed by atoms with E-state index in [1.807, 2.05) is 22.9 Å². The van der Waals surface area contributed by atoms with Gasteiger partial charge in [0.1, 0.15) is 6.10 Å². The van der Waals surface area contributed by atoms with Crippen molar-refractivity contribution in [3.63, 3.8) is 0 Å². The molecule has 2 aromatic rings. The fourth-order valence-corrected chi connectivity index (χ4v) is 2.82. The number of thiophene rings is 2. The minimum Gasteiger partial charge on any atom is -0.383 e. The summed E-state index contributed by atoms with van der Waals surface area (Å²) in [7, 11) is 0. The van der Waals surface area contributed by atoms with Crippen LogP contribution in [0.25, 0.3) is 0 Å². The van der Waals surface area contributed by atoms with Crippen LogP contribution in [0.15, 0.2) is 29.0 Å². The number of aliphatic hydroxyl groups excluding tert-OH is 1. The first-order chi connectivity index (χ1) is 6.27. The molecule has 13 heavy (non-hydrogen) atoms. The molecule has 0 amide bonds. The van der Waals surface area contributed by atoms with Crippen LogP contribution in [0.1, 0.15) is 16.5 Å².